The zero-order chi connectivity index (χ0) is 19.1. The van der Waals surface area contributed by atoms with Crippen molar-refractivity contribution < 1.29 is 4.79 Å². The molecule has 0 aliphatic heterocycles. The molecule has 1 aromatic carbocycles. The number of para-hydroxylation sites is 1. The van der Waals surface area contributed by atoms with E-state index in [9.17, 15) is 4.79 Å². The second-order valence-corrected chi connectivity index (χ2v) is 7.98. The van der Waals surface area contributed by atoms with Gasteiger partial charge in [0.05, 0.1) is 0 Å². The number of rotatable bonds is 2. The molecule has 2 aromatic heterocycles. The van der Waals surface area contributed by atoms with Crippen LogP contribution < -0.4 is 5.32 Å². The number of aromatic nitrogens is 2. The molecule has 0 saturated carbocycles. The van der Waals surface area contributed by atoms with Gasteiger partial charge in [0.25, 0.3) is 5.91 Å². The van der Waals surface area contributed by atoms with Crippen molar-refractivity contribution in [3.05, 3.63) is 85.2 Å². The molecule has 1 N–H and O–H groups in total. The van der Waals surface area contributed by atoms with Gasteiger partial charge in [-0.2, -0.15) is 0 Å². The van der Waals surface area contributed by atoms with Crippen LogP contribution in [0.4, 0.5) is 5.69 Å². The minimum absolute atomic E-state index is 0.193. The molecule has 0 aliphatic carbocycles. The molecule has 26 heavy (non-hydrogen) atoms. The third-order valence-corrected chi connectivity index (χ3v) is 4.97. The molecule has 0 radical (unpaired) electrons. The van der Waals surface area contributed by atoms with E-state index in [2.05, 4.69) is 63.1 Å². The highest BCUT2D eigenvalue weighted by atomic mass is 79.9. The van der Waals surface area contributed by atoms with E-state index < -0.39 is 0 Å². The smallest absolute Gasteiger partial charge is 0.274 e. The molecule has 0 fully saturated rings. The maximum absolute atomic E-state index is 12.0. The largest absolute Gasteiger partial charge is 0.321 e. The Hall–Kier alpha value is -1.57. The van der Waals surface area contributed by atoms with Gasteiger partial charge in [-0.3, -0.25) is 4.79 Å². The number of nitrogens with one attached hydrogen (secondary N) is 1. The quantitative estimate of drug-likeness (QED) is 0.386. The molecule has 2 heterocycles. The number of carbonyl (C=O) groups is 1. The van der Waals surface area contributed by atoms with Crippen molar-refractivity contribution in [1.82, 2.24) is 9.97 Å². The van der Waals surface area contributed by atoms with E-state index in [0.29, 0.717) is 5.69 Å². The average molecular weight is 542 g/mol. The molecule has 3 rings (SSSR count). The summed E-state index contributed by atoms with van der Waals surface area (Å²) >= 11 is 9.93. The van der Waals surface area contributed by atoms with E-state index in [-0.39, 0.29) is 5.91 Å². The molecule has 4 nitrogen and oxygen atoms in total. The van der Waals surface area contributed by atoms with E-state index in [1.807, 2.05) is 56.3 Å². The molecule has 7 heteroatoms. The number of anilines is 1. The Morgan fingerprint density at radius 3 is 2.00 bits per heavy atom. The fourth-order valence-electron chi connectivity index (χ4n) is 2.01. The molecule has 0 aliphatic rings. The summed E-state index contributed by atoms with van der Waals surface area (Å²) in [5, 5.41) is 2.80. The van der Waals surface area contributed by atoms with Crippen LogP contribution in [-0.2, 0) is 0 Å². The lowest BCUT2D eigenvalue weighted by Gasteiger charge is -2.06. The first-order chi connectivity index (χ1) is 12.4. The summed E-state index contributed by atoms with van der Waals surface area (Å²) in [6, 6.07) is 13.2. The van der Waals surface area contributed by atoms with Crippen molar-refractivity contribution in [1.29, 1.82) is 0 Å². The lowest BCUT2D eigenvalue weighted by Crippen LogP contribution is -2.15. The molecule has 0 atom stereocenters. The number of aryl methyl sites for hydroxylation is 2. The first kappa shape index (κ1) is 20.7. The van der Waals surface area contributed by atoms with E-state index in [4.69, 9.17) is 0 Å². The van der Waals surface area contributed by atoms with Crippen LogP contribution in [0.1, 0.15) is 21.6 Å². The van der Waals surface area contributed by atoms with Gasteiger partial charge in [0.1, 0.15) is 10.3 Å². The summed E-state index contributed by atoms with van der Waals surface area (Å²) in [5.74, 6) is -0.193. The number of hydrogen-bond donors (Lipinski definition) is 1. The third-order valence-electron chi connectivity index (χ3n) is 3.27. The number of benzene rings is 1. The number of halogens is 3. The maximum Gasteiger partial charge on any atom is 0.274 e. The molecule has 0 saturated heterocycles. The third kappa shape index (κ3) is 6.30. The zero-order valence-corrected chi connectivity index (χ0v) is 18.9. The zero-order valence-electron chi connectivity index (χ0n) is 14.1. The minimum Gasteiger partial charge on any atom is -0.321 e. The molecule has 3 aromatic rings. The van der Waals surface area contributed by atoms with Gasteiger partial charge in [-0.1, -0.05) is 18.2 Å². The van der Waals surface area contributed by atoms with Crippen LogP contribution in [0.2, 0.25) is 0 Å². The fraction of sp³-hybridized carbons (Fsp3) is 0.105. The van der Waals surface area contributed by atoms with Crippen molar-refractivity contribution in [3.8, 4) is 0 Å². The number of hydrogen-bond acceptors (Lipinski definition) is 3. The Labute approximate surface area is 177 Å². The van der Waals surface area contributed by atoms with Crippen LogP contribution in [0.5, 0.6) is 0 Å². The monoisotopic (exact) mass is 539 g/mol. The number of pyridine rings is 2. The number of nitrogens with zero attached hydrogens (tertiary/aromatic N) is 2. The summed E-state index contributed by atoms with van der Waals surface area (Å²) < 4.78 is 2.79. The Bertz CT molecular complexity index is 902. The Kier molecular flexibility index (Phi) is 7.93. The molecule has 134 valence electrons. The Balaban J connectivity index is 0.000000228. The summed E-state index contributed by atoms with van der Waals surface area (Å²) in [4.78, 5) is 20.1. The first-order valence-corrected chi connectivity index (χ1v) is 10.0. The predicted molar refractivity (Wildman–Crippen MR) is 115 cm³/mol. The van der Waals surface area contributed by atoms with Gasteiger partial charge in [0, 0.05) is 27.0 Å². The Morgan fingerprint density at radius 2 is 1.46 bits per heavy atom. The van der Waals surface area contributed by atoms with Gasteiger partial charge in [0.15, 0.2) is 0 Å². The second-order valence-electron chi connectivity index (χ2n) is 5.40. The number of carbonyl (C=O) groups excluding carboxylic acids is 1. The van der Waals surface area contributed by atoms with Crippen molar-refractivity contribution >= 4 is 59.4 Å². The van der Waals surface area contributed by atoms with Crippen LogP contribution in [0.15, 0.2) is 68.4 Å². The normalized spacial score (nSPS) is 9.88. The topological polar surface area (TPSA) is 54.9 Å². The van der Waals surface area contributed by atoms with E-state index in [1.165, 1.54) is 0 Å². The van der Waals surface area contributed by atoms with Crippen molar-refractivity contribution in [2.45, 2.75) is 13.8 Å². The minimum atomic E-state index is -0.193. The van der Waals surface area contributed by atoms with Crippen molar-refractivity contribution in [2.24, 2.45) is 0 Å². The summed E-state index contributed by atoms with van der Waals surface area (Å²) in [6.45, 7) is 3.86. The SMILES string of the molecule is Cc1cc(Br)cnc1Br.Cc1cc(Br)cnc1C(=O)Nc1ccccc1. The summed E-state index contributed by atoms with van der Waals surface area (Å²) in [5.41, 5.74) is 3.19. The van der Waals surface area contributed by atoms with Gasteiger partial charge >= 0.3 is 0 Å². The second kappa shape index (κ2) is 9.94. The molecule has 0 bridgehead atoms. The highest BCUT2D eigenvalue weighted by Crippen LogP contribution is 2.17. The van der Waals surface area contributed by atoms with E-state index in [1.54, 1.807) is 12.4 Å². The van der Waals surface area contributed by atoms with Gasteiger partial charge in [0.2, 0.25) is 0 Å². The molecular formula is C19H16Br3N3O. The highest BCUT2D eigenvalue weighted by molar-refractivity contribution is 9.11. The van der Waals surface area contributed by atoms with Gasteiger partial charge in [-0.25, -0.2) is 9.97 Å². The van der Waals surface area contributed by atoms with Gasteiger partial charge in [-0.05, 0) is 97.0 Å². The average Bonchev–Trinajstić information content (AvgIpc) is 2.60. The standard InChI is InChI=1S/C13H11BrN2O.C6H5Br2N/c1-9-7-10(14)8-15-12(9)13(17)16-11-5-3-2-4-6-11;1-4-2-5(7)3-9-6(4)8/h2-8H,1H3,(H,16,17);2-3H,1H3. The summed E-state index contributed by atoms with van der Waals surface area (Å²) in [6.07, 6.45) is 3.38. The highest BCUT2D eigenvalue weighted by Gasteiger charge is 2.10. The molecule has 0 unspecified atom stereocenters. The van der Waals surface area contributed by atoms with Gasteiger partial charge < -0.3 is 5.32 Å². The predicted octanol–water partition coefficient (Wildman–Crippen LogP) is 6.32. The lowest BCUT2D eigenvalue weighted by atomic mass is 10.2. The maximum atomic E-state index is 12.0. The van der Waals surface area contributed by atoms with Crippen molar-refractivity contribution in [2.75, 3.05) is 5.32 Å². The van der Waals surface area contributed by atoms with E-state index >= 15 is 0 Å². The van der Waals surface area contributed by atoms with Crippen LogP contribution in [0.25, 0.3) is 0 Å². The first-order valence-electron chi connectivity index (χ1n) is 7.63. The van der Waals surface area contributed by atoms with Crippen LogP contribution in [0, 0.1) is 13.8 Å². The molecular weight excluding hydrogens is 526 g/mol. The van der Waals surface area contributed by atoms with E-state index in [0.717, 1.165) is 30.4 Å². The summed E-state index contributed by atoms with van der Waals surface area (Å²) in [7, 11) is 0. The number of amides is 1. The van der Waals surface area contributed by atoms with Gasteiger partial charge in [-0.15, -0.1) is 0 Å². The van der Waals surface area contributed by atoms with Crippen LogP contribution >= 0.6 is 47.8 Å². The van der Waals surface area contributed by atoms with Crippen molar-refractivity contribution in [3.63, 3.8) is 0 Å². The van der Waals surface area contributed by atoms with Crippen LogP contribution in [0.3, 0.4) is 0 Å². The Morgan fingerprint density at radius 1 is 0.885 bits per heavy atom. The fourth-order valence-corrected chi connectivity index (χ4v) is 3.12. The molecule has 0 spiro atoms. The molecule has 1 amide bonds. The lowest BCUT2D eigenvalue weighted by molar-refractivity contribution is 0.102. The van der Waals surface area contributed by atoms with Crippen LogP contribution in [-0.4, -0.2) is 15.9 Å².